The van der Waals surface area contributed by atoms with E-state index < -0.39 is 5.97 Å². The number of rotatable bonds is 9. The van der Waals surface area contributed by atoms with E-state index in [1.54, 1.807) is 12.1 Å². The van der Waals surface area contributed by atoms with E-state index in [9.17, 15) is 9.59 Å². The predicted octanol–water partition coefficient (Wildman–Crippen LogP) is 5.64. The number of thiophene rings is 2. The molecule has 1 aliphatic heterocycles. The molecule has 0 radical (unpaired) electrons. The Hall–Kier alpha value is -2.73. The summed E-state index contributed by atoms with van der Waals surface area (Å²) in [4.78, 5) is 25.7. The summed E-state index contributed by atoms with van der Waals surface area (Å²) >= 11 is 5.89. The van der Waals surface area contributed by atoms with Gasteiger partial charge in [0, 0.05) is 53.8 Å². The van der Waals surface area contributed by atoms with Crippen molar-refractivity contribution in [3.8, 4) is 17.9 Å². The summed E-state index contributed by atoms with van der Waals surface area (Å²) < 4.78 is 0. The lowest BCUT2D eigenvalue weighted by molar-refractivity contribution is 0.0349. The van der Waals surface area contributed by atoms with E-state index in [4.69, 9.17) is 10.4 Å². The molecule has 10 heteroatoms. The molecule has 3 aromatic rings. The highest BCUT2D eigenvalue weighted by atomic mass is 32.2. The first kappa shape index (κ1) is 26.3. The van der Waals surface area contributed by atoms with E-state index in [0.29, 0.717) is 23.4 Å². The van der Waals surface area contributed by atoms with Gasteiger partial charge in [-0.15, -0.1) is 22.7 Å². The molecule has 1 saturated heterocycles. The Morgan fingerprint density at radius 3 is 2.86 bits per heavy atom. The van der Waals surface area contributed by atoms with Gasteiger partial charge in [-0.2, -0.15) is 17.0 Å². The molecule has 1 aliphatic rings. The molecule has 36 heavy (non-hydrogen) atoms. The average Bonchev–Trinajstić information content (AvgIpc) is 3.55. The Labute approximate surface area is 226 Å². The second kappa shape index (κ2) is 13.0. The molecule has 4 rings (SSSR count). The minimum absolute atomic E-state index is 0.0536. The number of carbonyl (C=O) groups is 2. The van der Waals surface area contributed by atoms with Crippen LogP contribution in [0, 0.1) is 23.2 Å². The summed E-state index contributed by atoms with van der Waals surface area (Å²) in [7, 11) is 0. The Kier molecular flexibility index (Phi) is 9.51. The zero-order chi connectivity index (χ0) is 25.3. The van der Waals surface area contributed by atoms with Gasteiger partial charge in [-0.25, -0.2) is 9.80 Å². The zero-order valence-electron chi connectivity index (χ0n) is 19.3. The third-order valence-electron chi connectivity index (χ3n) is 5.37. The van der Waals surface area contributed by atoms with Crippen LogP contribution in [0.3, 0.4) is 0 Å². The van der Waals surface area contributed by atoms with Gasteiger partial charge < -0.3 is 5.11 Å². The van der Waals surface area contributed by atoms with E-state index in [0.717, 1.165) is 45.7 Å². The fraction of sp³-hybridized carbons (Fsp3) is 0.269. The lowest BCUT2D eigenvalue weighted by Crippen LogP contribution is -2.51. The summed E-state index contributed by atoms with van der Waals surface area (Å²) in [6, 6.07) is 15.6. The molecule has 2 aromatic heterocycles. The van der Waals surface area contributed by atoms with Crippen molar-refractivity contribution in [3.05, 3.63) is 79.2 Å². The van der Waals surface area contributed by atoms with Crippen molar-refractivity contribution in [2.45, 2.75) is 12.2 Å². The largest absolute Gasteiger partial charge is 0.477 e. The number of hydrogen-bond acceptors (Lipinski definition) is 8. The summed E-state index contributed by atoms with van der Waals surface area (Å²) in [6.07, 6.45) is 0.642. The number of carboxylic acid groups (broad SMARTS) is 1. The van der Waals surface area contributed by atoms with Gasteiger partial charge in [0.1, 0.15) is 10.9 Å². The second-order valence-corrected chi connectivity index (χ2v) is 12.0. The van der Waals surface area contributed by atoms with Crippen LogP contribution in [0.1, 0.15) is 36.1 Å². The monoisotopic (exact) mass is 553 g/mol. The smallest absolute Gasteiger partial charge is 0.345 e. The fourth-order valence-electron chi connectivity index (χ4n) is 3.58. The van der Waals surface area contributed by atoms with Gasteiger partial charge in [0.2, 0.25) is 0 Å². The van der Waals surface area contributed by atoms with Crippen molar-refractivity contribution in [2.24, 2.45) is 0 Å². The van der Waals surface area contributed by atoms with E-state index >= 15 is 0 Å². The highest BCUT2D eigenvalue weighted by Crippen LogP contribution is 2.23. The minimum Gasteiger partial charge on any atom is -0.477 e. The maximum Gasteiger partial charge on any atom is 0.345 e. The summed E-state index contributed by atoms with van der Waals surface area (Å²) in [5, 5.41) is 24.1. The van der Waals surface area contributed by atoms with Crippen LogP contribution < -0.4 is 0 Å². The van der Waals surface area contributed by atoms with Crippen molar-refractivity contribution < 1.29 is 14.7 Å². The summed E-state index contributed by atoms with van der Waals surface area (Å²) in [6.45, 7) is 2.14. The minimum atomic E-state index is -0.914. The van der Waals surface area contributed by atoms with Crippen molar-refractivity contribution in [3.63, 3.8) is 0 Å². The standard InChI is InChI=1S/C26H23N3O3S4/c27-17-21-9-13-34-23(21)6-4-19-2-1-3-20(16-19)18-33-14-11-28-12-15-35-26(32)29(28)10-8-22-5-7-24(36-22)25(30)31/h1-3,5,7,9,13,16H,8,10-12,14-15,18H2,(H,30,31). The first-order chi connectivity index (χ1) is 17.5. The number of nitriles is 1. The number of carboxylic acids is 1. The Morgan fingerprint density at radius 2 is 2.06 bits per heavy atom. The van der Waals surface area contributed by atoms with Crippen molar-refractivity contribution in [2.75, 3.05) is 31.1 Å². The topological polar surface area (TPSA) is 84.6 Å². The third kappa shape index (κ3) is 7.16. The molecule has 0 bridgehead atoms. The maximum atomic E-state index is 12.5. The Bertz CT molecular complexity index is 1330. The molecule has 0 atom stereocenters. The van der Waals surface area contributed by atoms with Crippen LogP contribution in [0.2, 0.25) is 0 Å². The van der Waals surface area contributed by atoms with Crippen molar-refractivity contribution in [1.29, 1.82) is 5.26 Å². The van der Waals surface area contributed by atoms with Crippen LogP contribution >= 0.6 is 46.2 Å². The molecule has 1 amide bonds. The Morgan fingerprint density at radius 1 is 1.17 bits per heavy atom. The highest BCUT2D eigenvalue weighted by Gasteiger charge is 2.26. The van der Waals surface area contributed by atoms with E-state index in [1.807, 2.05) is 40.3 Å². The van der Waals surface area contributed by atoms with E-state index in [1.165, 1.54) is 40.0 Å². The van der Waals surface area contributed by atoms with Crippen LogP contribution in [0.5, 0.6) is 0 Å². The zero-order valence-corrected chi connectivity index (χ0v) is 22.6. The molecule has 1 N–H and O–H groups in total. The molecule has 0 unspecified atom stereocenters. The normalized spacial score (nSPS) is 13.8. The first-order valence-corrected chi connectivity index (χ1v) is 15.0. The van der Waals surface area contributed by atoms with Gasteiger partial charge in [0.15, 0.2) is 0 Å². The number of hydrazine groups is 1. The summed E-state index contributed by atoms with van der Waals surface area (Å²) in [5.41, 5.74) is 2.73. The molecular weight excluding hydrogens is 531 g/mol. The number of aromatic carboxylic acids is 1. The van der Waals surface area contributed by atoms with E-state index in [2.05, 4.69) is 35.1 Å². The van der Waals surface area contributed by atoms with Gasteiger partial charge in [-0.05, 0) is 47.2 Å². The van der Waals surface area contributed by atoms with Crippen molar-refractivity contribution in [1.82, 2.24) is 10.0 Å². The molecule has 184 valence electrons. The number of carbonyl (C=O) groups excluding carboxylic acids is 1. The molecule has 0 aliphatic carbocycles. The number of amides is 1. The van der Waals surface area contributed by atoms with Crippen LogP contribution in [0.15, 0.2) is 47.8 Å². The van der Waals surface area contributed by atoms with Gasteiger partial charge in [0.05, 0.1) is 10.4 Å². The molecular formula is C26H23N3O3S4. The molecule has 1 aromatic carbocycles. The predicted molar refractivity (Wildman–Crippen MR) is 149 cm³/mol. The first-order valence-electron chi connectivity index (χ1n) is 11.2. The fourth-order valence-corrected chi connectivity index (χ4v) is 6.84. The van der Waals surface area contributed by atoms with Gasteiger partial charge in [0.25, 0.3) is 5.24 Å². The van der Waals surface area contributed by atoms with Crippen LogP contribution in [0.4, 0.5) is 4.79 Å². The molecule has 3 heterocycles. The molecule has 6 nitrogen and oxygen atoms in total. The SMILES string of the molecule is N#Cc1ccsc1C#Cc1cccc(CSCCN2CCSC(=O)N2CCc2ccc(C(=O)O)s2)c1. The van der Waals surface area contributed by atoms with Crippen LogP contribution in [0.25, 0.3) is 0 Å². The Balaban J connectivity index is 1.27. The lowest BCUT2D eigenvalue weighted by Gasteiger charge is -2.37. The third-order valence-corrected chi connectivity index (χ3v) is 9.18. The summed E-state index contributed by atoms with van der Waals surface area (Å²) in [5.74, 6) is 7.86. The van der Waals surface area contributed by atoms with Crippen LogP contribution in [-0.2, 0) is 12.2 Å². The average molecular weight is 554 g/mol. The van der Waals surface area contributed by atoms with E-state index in [-0.39, 0.29) is 5.24 Å². The molecule has 1 fully saturated rings. The van der Waals surface area contributed by atoms with Gasteiger partial charge in [-0.3, -0.25) is 9.80 Å². The quantitative estimate of drug-likeness (QED) is 0.271. The number of hydrogen-bond donors (Lipinski definition) is 1. The molecule has 0 saturated carbocycles. The number of benzene rings is 1. The van der Waals surface area contributed by atoms with Gasteiger partial charge in [-0.1, -0.05) is 29.8 Å². The van der Waals surface area contributed by atoms with Crippen LogP contribution in [-0.4, -0.2) is 57.5 Å². The van der Waals surface area contributed by atoms with Gasteiger partial charge >= 0.3 is 5.97 Å². The lowest BCUT2D eigenvalue weighted by atomic mass is 10.1. The second-order valence-electron chi connectivity index (χ2n) is 7.79. The number of nitrogens with zero attached hydrogens (tertiary/aromatic N) is 3. The maximum absolute atomic E-state index is 12.5. The highest BCUT2D eigenvalue weighted by molar-refractivity contribution is 8.13. The van der Waals surface area contributed by atoms with Crippen molar-refractivity contribution >= 4 is 57.4 Å². The molecule has 0 spiro atoms. The number of thioether (sulfide) groups is 2.